The van der Waals surface area contributed by atoms with Crippen molar-refractivity contribution in [2.75, 3.05) is 26.8 Å². The van der Waals surface area contributed by atoms with Gasteiger partial charge in [0.25, 0.3) is 0 Å². The van der Waals surface area contributed by atoms with Gasteiger partial charge in [-0.2, -0.15) is 0 Å². The Kier molecular flexibility index (Phi) is 7.51. The van der Waals surface area contributed by atoms with Gasteiger partial charge in [0.15, 0.2) is 0 Å². The summed E-state index contributed by atoms with van der Waals surface area (Å²) in [6.07, 6.45) is 1.66. The van der Waals surface area contributed by atoms with Crippen molar-refractivity contribution in [2.45, 2.75) is 39.3 Å². The number of rotatable bonds is 9. The van der Waals surface area contributed by atoms with E-state index in [2.05, 4.69) is 30.9 Å². The van der Waals surface area contributed by atoms with E-state index in [4.69, 9.17) is 4.74 Å². The minimum Gasteiger partial charge on any atom is -0.392 e. The van der Waals surface area contributed by atoms with E-state index in [1.54, 1.807) is 7.11 Å². The standard InChI is InChI=1S/C14H25NO2S/c1-4-5-13(16)10-15(8-9-17-3)11-14-7-6-12(2)18-14/h6-7,13,16H,4-5,8-11H2,1-3H3/t13-/m0/s1. The van der Waals surface area contributed by atoms with Crippen molar-refractivity contribution in [1.82, 2.24) is 4.90 Å². The predicted molar refractivity (Wildman–Crippen MR) is 77.1 cm³/mol. The topological polar surface area (TPSA) is 32.7 Å². The van der Waals surface area contributed by atoms with Gasteiger partial charge >= 0.3 is 0 Å². The molecule has 1 heterocycles. The summed E-state index contributed by atoms with van der Waals surface area (Å²) in [4.78, 5) is 4.97. The molecule has 104 valence electrons. The van der Waals surface area contributed by atoms with E-state index in [1.807, 2.05) is 11.3 Å². The van der Waals surface area contributed by atoms with Crippen molar-refractivity contribution in [3.63, 3.8) is 0 Å². The molecule has 0 aliphatic rings. The Bertz CT molecular complexity index is 327. The molecule has 0 unspecified atom stereocenters. The molecule has 0 bridgehead atoms. The Hall–Kier alpha value is -0.420. The molecule has 4 heteroatoms. The first-order valence-corrected chi connectivity index (χ1v) is 7.42. The largest absolute Gasteiger partial charge is 0.392 e. The number of hydrogen-bond acceptors (Lipinski definition) is 4. The summed E-state index contributed by atoms with van der Waals surface area (Å²) in [6.45, 7) is 7.44. The normalized spacial score (nSPS) is 13.2. The molecule has 0 aliphatic carbocycles. The highest BCUT2D eigenvalue weighted by Gasteiger charge is 2.12. The number of nitrogens with zero attached hydrogens (tertiary/aromatic N) is 1. The second-order valence-corrected chi connectivity index (χ2v) is 6.06. The third-order valence-corrected chi connectivity index (χ3v) is 3.86. The first kappa shape index (κ1) is 15.6. The van der Waals surface area contributed by atoms with Gasteiger partial charge in [-0.15, -0.1) is 11.3 Å². The van der Waals surface area contributed by atoms with E-state index in [0.717, 1.165) is 32.5 Å². The van der Waals surface area contributed by atoms with Gasteiger partial charge in [-0.1, -0.05) is 13.3 Å². The quantitative estimate of drug-likeness (QED) is 0.749. The fourth-order valence-corrected chi connectivity index (χ4v) is 2.90. The van der Waals surface area contributed by atoms with Crippen LogP contribution in [0.4, 0.5) is 0 Å². The van der Waals surface area contributed by atoms with Crippen LogP contribution in [0.2, 0.25) is 0 Å². The lowest BCUT2D eigenvalue weighted by molar-refractivity contribution is 0.0805. The summed E-state index contributed by atoms with van der Waals surface area (Å²) in [6, 6.07) is 4.32. The number of aliphatic hydroxyl groups excluding tert-OH is 1. The molecule has 0 aromatic carbocycles. The first-order valence-electron chi connectivity index (χ1n) is 6.60. The van der Waals surface area contributed by atoms with E-state index >= 15 is 0 Å². The van der Waals surface area contributed by atoms with E-state index in [0.29, 0.717) is 6.61 Å². The summed E-state index contributed by atoms with van der Waals surface area (Å²) < 4.78 is 5.14. The van der Waals surface area contributed by atoms with Crippen LogP contribution in [0.5, 0.6) is 0 Å². The third kappa shape index (κ3) is 5.96. The zero-order valence-corrected chi connectivity index (χ0v) is 12.5. The minimum atomic E-state index is -0.229. The Balaban J connectivity index is 2.48. The average molecular weight is 271 g/mol. The molecule has 1 aromatic rings. The second-order valence-electron chi connectivity index (χ2n) is 4.68. The van der Waals surface area contributed by atoms with Crippen molar-refractivity contribution in [2.24, 2.45) is 0 Å². The van der Waals surface area contributed by atoms with Crippen LogP contribution in [-0.4, -0.2) is 42.9 Å². The molecular weight excluding hydrogens is 246 g/mol. The maximum absolute atomic E-state index is 9.92. The molecule has 0 saturated carbocycles. The summed E-state index contributed by atoms with van der Waals surface area (Å²) in [5, 5.41) is 9.92. The van der Waals surface area contributed by atoms with Gasteiger partial charge in [-0.3, -0.25) is 4.90 Å². The van der Waals surface area contributed by atoms with Gasteiger partial charge < -0.3 is 9.84 Å². The molecule has 1 N–H and O–H groups in total. The van der Waals surface area contributed by atoms with Gasteiger partial charge in [0.2, 0.25) is 0 Å². The molecule has 0 aliphatic heterocycles. The Labute approximate surface area is 114 Å². The van der Waals surface area contributed by atoms with Crippen LogP contribution in [0.15, 0.2) is 12.1 Å². The SMILES string of the molecule is CCC[C@H](O)CN(CCOC)Cc1ccc(C)s1. The number of hydrogen-bond donors (Lipinski definition) is 1. The molecule has 1 aromatic heterocycles. The van der Waals surface area contributed by atoms with Gasteiger partial charge in [-0.05, 0) is 25.5 Å². The number of methoxy groups -OCH3 is 1. The summed E-state index contributed by atoms with van der Waals surface area (Å²) in [7, 11) is 1.72. The molecule has 0 saturated heterocycles. The maximum atomic E-state index is 9.92. The van der Waals surface area contributed by atoms with Gasteiger partial charge in [0.05, 0.1) is 12.7 Å². The molecule has 18 heavy (non-hydrogen) atoms. The molecule has 1 atom stereocenters. The van der Waals surface area contributed by atoms with Gasteiger partial charge in [0, 0.05) is 36.5 Å². The number of ether oxygens (including phenoxy) is 1. The molecule has 0 fully saturated rings. The smallest absolute Gasteiger partial charge is 0.0667 e. The lowest BCUT2D eigenvalue weighted by atomic mass is 10.2. The summed E-state index contributed by atoms with van der Waals surface area (Å²) in [5.41, 5.74) is 0. The molecular formula is C14H25NO2S. The van der Waals surface area contributed by atoms with Crippen LogP contribution in [0, 0.1) is 6.92 Å². The molecule has 1 rings (SSSR count). The van der Waals surface area contributed by atoms with Crippen molar-refractivity contribution < 1.29 is 9.84 Å². The first-order chi connectivity index (χ1) is 8.65. The van der Waals surface area contributed by atoms with E-state index < -0.39 is 0 Å². The lowest BCUT2D eigenvalue weighted by Crippen LogP contribution is -2.34. The van der Waals surface area contributed by atoms with Crippen LogP contribution in [0.1, 0.15) is 29.5 Å². The Morgan fingerprint density at radius 1 is 1.44 bits per heavy atom. The maximum Gasteiger partial charge on any atom is 0.0667 e. The second kappa shape index (κ2) is 8.64. The summed E-state index contributed by atoms with van der Waals surface area (Å²) in [5.74, 6) is 0. The molecule has 0 amide bonds. The molecule has 3 nitrogen and oxygen atoms in total. The number of thiophene rings is 1. The van der Waals surface area contributed by atoms with Crippen molar-refractivity contribution in [1.29, 1.82) is 0 Å². The minimum absolute atomic E-state index is 0.229. The fraction of sp³-hybridized carbons (Fsp3) is 0.714. The van der Waals surface area contributed by atoms with Crippen molar-refractivity contribution in [3.8, 4) is 0 Å². The highest BCUT2D eigenvalue weighted by atomic mass is 32.1. The summed E-state index contributed by atoms with van der Waals surface area (Å²) >= 11 is 1.83. The van der Waals surface area contributed by atoms with E-state index in [1.165, 1.54) is 9.75 Å². The monoisotopic (exact) mass is 271 g/mol. The zero-order valence-electron chi connectivity index (χ0n) is 11.7. The Morgan fingerprint density at radius 2 is 2.22 bits per heavy atom. The van der Waals surface area contributed by atoms with Crippen LogP contribution in [0.25, 0.3) is 0 Å². The van der Waals surface area contributed by atoms with E-state index in [-0.39, 0.29) is 6.10 Å². The molecule has 0 spiro atoms. The third-order valence-electron chi connectivity index (χ3n) is 2.88. The highest BCUT2D eigenvalue weighted by Crippen LogP contribution is 2.17. The zero-order chi connectivity index (χ0) is 13.4. The van der Waals surface area contributed by atoms with Crippen molar-refractivity contribution >= 4 is 11.3 Å². The Morgan fingerprint density at radius 3 is 2.78 bits per heavy atom. The lowest BCUT2D eigenvalue weighted by Gasteiger charge is -2.24. The number of aliphatic hydroxyl groups is 1. The van der Waals surface area contributed by atoms with Crippen LogP contribution in [-0.2, 0) is 11.3 Å². The predicted octanol–water partition coefficient (Wildman–Crippen LogP) is 2.67. The van der Waals surface area contributed by atoms with Crippen LogP contribution in [0.3, 0.4) is 0 Å². The number of aryl methyl sites for hydroxylation is 1. The van der Waals surface area contributed by atoms with Crippen LogP contribution < -0.4 is 0 Å². The van der Waals surface area contributed by atoms with Gasteiger partial charge in [-0.25, -0.2) is 0 Å². The van der Waals surface area contributed by atoms with Gasteiger partial charge in [0.1, 0.15) is 0 Å². The molecule has 0 radical (unpaired) electrons. The average Bonchev–Trinajstić information content (AvgIpc) is 2.72. The highest BCUT2D eigenvalue weighted by molar-refractivity contribution is 7.11. The van der Waals surface area contributed by atoms with Crippen LogP contribution >= 0.6 is 11.3 Å². The van der Waals surface area contributed by atoms with Crippen molar-refractivity contribution in [3.05, 3.63) is 21.9 Å². The fourth-order valence-electron chi connectivity index (χ4n) is 1.97. The van der Waals surface area contributed by atoms with E-state index in [9.17, 15) is 5.11 Å².